The van der Waals surface area contributed by atoms with Crippen LogP contribution in [-0.4, -0.2) is 58.3 Å². The van der Waals surface area contributed by atoms with Crippen LogP contribution in [0, 0.1) is 5.92 Å². The molecule has 27 heavy (non-hydrogen) atoms. The lowest BCUT2D eigenvalue weighted by atomic mass is 9.92. The minimum Gasteiger partial charge on any atom is -0.444 e. The number of cyclic esters (lactones) is 1. The van der Waals surface area contributed by atoms with E-state index in [9.17, 15) is 19.2 Å². The van der Waals surface area contributed by atoms with Crippen LogP contribution in [0.2, 0.25) is 0 Å². The van der Waals surface area contributed by atoms with Crippen molar-refractivity contribution in [3.8, 4) is 0 Å². The molecule has 10 heteroatoms. The lowest BCUT2D eigenvalue weighted by molar-refractivity contribution is -0.142. The normalized spacial score (nSPS) is 25.7. The summed E-state index contributed by atoms with van der Waals surface area (Å²) in [5.74, 6) is -1.72. The van der Waals surface area contributed by atoms with Gasteiger partial charge in [-0.15, -0.1) is 11.3 Å². The topological polar surface area (TPSA) is 132 Å². The van der Waals surface area contributed by atoms with Crippen molar-refractivity contribution in [2.45, 2.75) is 50.8 Å². The number of ether oxygens (including phenoxy) is 1. The fourth-order valence-corrected chi connectivity index (χ4v) is 4.30. The van der Waals surface area contributed by atoms with Crippen molar-refractivity contribution in [1.29, 1.82) is 0 Å². The first-order valence-corrected chi connectivity index (χ1v) is 9.71. The van der Waals surface area contributed by atoms with Gasteiger partial charge < -0.3 is 20.7 Å². The van der Waals surface area contributed by atoms with Gasteiger partial charge in [-0.3, -0.25) is 19.4 Å². The number of hydrogen-bond donors (Lipinski definition) is 2. The van der Waals surface area contributed by atoms with E-state index < -0.39 is 36.1 Å². The summed E-state index contributed by atoms with van der Waals surface area (Å²) in [5.41, 5.74) is 7.09. The van der Waals surface area contributed by atoms with Crippen molar-refractivity contribution in [3.63, 3.8) is 0 Å². The van der Waals surface area contributed by atoms with Gasteiger partial charge in [-0.25, -0.2) is 4.79 Å². The minimum absolute atomic E-state index is 0.0582. The molecular weight excluding hydrogens is 372 g/mol. The molecule has 0 radical (unpaired) electrons. The number of amides is 3. The molecule has 2 aliphatic heterocycles. The summed E-state index contributed by atoms with van der Waals surface area (Å²) in [7, 11) is 0. The van der Waals surface area contributed by atoms with Crippen LogP contribution in [0.4, 0.5) is 4.79 Å². The molecule has 4 atom stereocenters. The third kappa shape index (κ3) is 4.26. The van der Waals surface area contributed by atoms with Crippen molar-refractivity contribution >= 4 is 35.0 Å². The molecule has 4 unspecified atom stereocenters. The van der Waals surface area contributed by atoms with Crippen molar-refractivity contribution in [2.75, 3.05) is 6.54 Å². The predicted octanol–water partition coefficient (Wildman–Crippen LogP) is 0.234. The quantitative estimate of drug-likeness (QED) is 0.681. The lowest BCUT2D eigenvalue weighted by Gasteiger charge is -2.27. The number of nitrogens with zero attached hydrogens (tertiary/aromatic N) is 2. The van der Waals surface area contributed by atoms with Gasteiger partial charge in [-0.05, 0) is 26.2 Å². The number of alkyl carbamates (subject to hydrolysis) is 1. The van der Waals surface area contributed by atoms with E-state index in [2.05, 4.69) is 10.3 Å². The maximum absolute atomic E-state index is 13.1. The van der Waals surface area contributed by atoms with Gasteiger partial charge in [-0.2, -0.15) is 0 Å². The number of likely N-dealkylation sites (tertiary alicyclic amines) is 1. The van der Waals surface area contributed by atoms with Crippen molar-refractivity contribution < 1.29 is 23.9 Å². The first-order valence-electron chi connectivity index (χ1n) is 8.84. The maximum Gasteiger partial charge on any atom is 0.408 e. The average Bonchev–Trinajstić information content (AvgIpc) is 3.34. The summed E-state index contributed by atoms with van der Waals surface area (Å²) in [6.07, 6.45) is 1.95. The molecule has 1 aromatic heterocycles. The number of primary amides is 1. The Kier molecular flexibility index (Phi) is 5.73. The van der Waals surface area contributed by atoms with E-state index in [0.29, 0.717) is 25.8 Å². The van der Waals surface area contributed by atoms with E-state index in [1.807, 2.05) is 0 Å². The SMILES string of the molecule is CC1OC(=O)NC1C(=O)CC(Cc1cncs1)C(=O)N1CCCC1C(N)=O. The fraction of sp³-hybridized carbons (Fsp3) is 0.588. The molecule has 0 aromatic carbocycles. The number of hydrogen-bond acceptors (Lipinski definition) is 7. The zero-order valence-corrected chi connectivity index (χ0v) is 15.7. The number of aromatic nitrogens is 1. The first-order chi connectivity index (χ1) is 12.9. The van der Waals surface area contributed by atoms with Gasteiger partial charge in [0.05, 0.1) is 5.51 Å². The van der Waals surface area contributed by atoms with Crippen molar-refractivity contribution in [1.82, 2.24) is 15.2 Å². The molecule has 3 heterocycles. The Morgan fingerprint density at radius 1 is 1.48 bits per heavy atom. The zero-order valence-electron chi connectivity index (χ0n) is 14.9. The minimum atomic E-state index is -0.778. The molecule has 1 aromatic rings. The van der Waals surface area contributed by atoms with Crippen molar-refractivity contribution in [3.05, 3.63) is 16.6 Å². The average molecular weight is 394 g/mol. The maximum atomic E-state index is 13.1. The summed E-state index contributed by atoms with van der Waals surface area (Å²) >= 11 is 1.40. The molecule has 0 saturated carbocycles. The number of carbonyl (C=O) groups is 4. The molecule has 2 saturated heterocycles. The predicted molar refractivity (Wildman–Crippen MR) is 95.7 cm³/mol. The van der Waals surface area contributed by atoms with Gasteiger partial charge in [0.2, 0.25) is 11.8 Å². The molecule has 3 amide bonds. The highest BCUT2D eigenvalue weighted by atomic mass is 32.1. The molecule has 146 valence electrons. The Morgan fingerprint density at radius 3 is 2.85 bits per heavy atom. The van der Waals surface area contributed by atoms with E-state index in [0.717, 1.165) is 4.88 Å². The molecule has 2 fully saturated rings. The second kappa shape index (κ2) is 8.03. The number of Topliss-reactive ketones (excluding diaryl/α,β-unsaturated/α-hetero) is 1. The fourth-order valence-electron chi connectivity index (χ4n) is 3.62. The summed E-state index contributed by atoms with van der Waals surface area (Å²) < 4.78 is 4.96. The number of thiazole rings is 1. The van der Waals surface area contributed by atoms with Crippen LogP contribution in [0.15, 0.2) is 11.7 Å². The molecule has 3 N–H and O–H groups in total. The number of nitrogens with two attached hydrogens (primary N) is 1. The number of rotatable bonds is 7. The van der Waals surface area contributed by atoms with Crippen LogP contribution in [-0.2, 0) is 25.5 Å². The van der Waals surface area contributed by atoms with Gasteiger partial charge in [0.1, 0.15) is 18.2 Å². The Labute approximate surface area is 160 Å². The summed E-state index contributed by atoms with van der Waals surface area (Å²) in [6, 6.07) is -1.41. The number of ketones is 1. The molecule has 0 spiro atoms. The monoisotopic (exact) mass is 394 g/mol. The smallest absolute Gasteiger partial charge is 0.408 e. The van der Waals surface area contributed by atoms with E-state index in [1.165, 1.54) is 16.2 Å². The Morgan fingerprint density at radius 2 is 2.26 bits per heavy atom. The Balaban J connectivity index is 1.76. The molecule has 3 rings (SSSR count). The van der Waals surface area contributed by atoms with Gasteiger partial charge in [0.15, 0.2) is 5.78 Å². The summed E-state index contributed by atoms with van der Waals surface area (Å²) in [6.45, 7) is 2.07. The third-order valence-corrected chi connectivity index (χ3v) is 5.78. The van der Waals surface area contributed by atoms with Crippen LogP contribution in [0.5, 0.6) is 0 Å². The molecular formula is C17H22N4O5S. The highest BCUT2D eigenvalue weighted by molar-refractivity contribution is 7.09. The van der Waals surface area contributed by atoms with Gasteiger partial charge in [-0.1, -0.05) is 0 Å². The first kappa shape index (κ1) is 19.3. The third-order valence-electron chi connectivity index (χ3n) is 4.97. The molecule has 2 aliphatic rings. The van der Waals surface area contributed by atoms with E-state index in [4.69, 9.17) is 10.5 Å². The largest absolute Gasteiger partial charge is 0.444 e. The zero-order chi connectivity index (χ0) is 19.6. The Hall–Kier alpha value is -2.49. The number of nitrogens with one attached hydrogen (secondary N) is 1. The number of carbonyl (C=O) groups excluding carboxylic acids is 4. The van der Waals surface area contributed by atoms with Crippen LogP contribution in [0.25, 0.3) is 0 Å². The lowest BCUT2D eigenvalue weighted by Crippen LogP contribution is -2.48. The van der Waals surface area contributed by atoms with Crippen LogP contribution >= 0.6 is 11.3 Å². The van der Waals surface area contributed by atoms with Gasteiger partial charge in [0.25, 0.3) is 0 Å². The van der Waals surface area contributed by atoms with Crippen LogP contribution in [0.1, 0.15) is 31.1 Å². The molecule has 0 bridgehead atoms. The summed E-state index contributed by atoms with van der Waals surface area (Å²) in [4.78, 5) is 55.2. The summed E-state index contributed by atoms with van der Waals surface area (Å²) in [5, 5.41) is 2.48. The highest BCUT2D eigenvalue weighted by Crippen LogP contribution is 2.25. The molecule has 0 aliphatic carbocycles. The van der Waals surface area contributed by atoms with Crippen LogP contribution < -0.4 is 11.1 Å². The van der Waals surface area contributed by atoms with E-state index in [-0.39, 0.29) is 18.1 Å². The molecule has 9 nitrogen and oxygen atoms in total. The van der Waals surface area contributed by atoms with Crippen LogP contribution in [0.3, 0.4) is 0 Å². The van der Waals surface area contributed by atoms with E-state index >= 15 is 0 Å². The second-order valence-electron chi connectivity index (χ2n) is 6.86. The van der Waals surface area contributed by atoms with E-state index in [1.54, 1.807) is 18.6 Å². The van der Waals surface area contributed by atoms with Crippen molar-refractivity contribution in [2.24, 2.45) is 11.7 Å². The van der Waals surface area contributed by atoms with Gasteiger partial charge >= 0.3 is 6.09 Å². The highest BCUT2D eigenvalue weighted by Gasteiger charge is 2.40. The standard InChI is InChI=1S/C17H22N4O5S/c1-9-14(20-17(25)26-9)13(22)6-10(5-11-7-19-8-27-11)16(24)21-4-2-3-12(21)15(18)23/h7-10,12,14H,2-6H2,1H3,(H2,18,23)(H,20,25). The second-order valence-corrected chi connectivity index (χ2v) is 7.83. The Bertz CT molecular complexity index is 738. The van der Waals surface area contributed by atoms with Gasteiger partial charge in [0, 0.05) is 30.0 Å².